The predicted octanol–water partition coefficient (Wildman–Crippen LogP) is 2.35. The summed E-state index contributed by atoms with van der Waals surface area (Å²) in [5, 5.41) is 23.9. The Balaban J connectivity index is 0.00000256. The van der Waals surface area contributed by atoms with E-state index in [0.29, 0.717) is 6.54 Å². The molecule has 4 rings (SSSR count). The fraction of sp³-hybridized carbons (Fsp3) is 0.550. The Labute approximate surface area is 193 Å². The molecule has 3 aromatic heterocycles. The molecule has 0 bridgehead atoms. The number of hydrogen-bond donors (Lipinski definition) is 2. The van der Waals surface area contributed by atoms with E-state index in [1.54, 1.807) is 0 Å². The molecule has 0 radical (unpaired) electrons. The van der Waals surface area contributed by atoms with Crippen molar-refractivity contribution in [2.45, 2.75) is 58.5 Å². The molecule has 0 amide bonds. The molecule has 0 fully saturated rings. The van der Waals surface area contributed by atoms with Crippen LogP contribution in [0.4, 0.5) is 0 Å². The van der Waals surface area contributed by atoms with Gasteiger partial charge >= 0.3 is 0 Å². The Morgan fingerprint density at radius 3 is 2.87 bits per heavy atom. The molecule has 1 aliphatic rings. The highest BCUT2D eigenvalue weighted by atomic mass is 127. The molecular weight excluding hydrogens is 493 g/mol. The standard InChI is InChI=1S/C20H29N9.HI/c1-2-21-20(23-15-19-27-26-17-10-5-7-14-29(17)19)22-12-8-11-18-25-24-16-9-4-3-6-13-28(16)18;/h5,7,10,14H,2-4,6,8-9,11-13,15H2,1H3,(H2,21,22,23);1H. The molecule has 4 heterocycles. The second-order valence-corrected chi connectivity index (χ2v) is 7.27. The minimum absolute atomic E-state index is 0. The van der Waals surface area contributed by atoms with E-state index in [4.69, 9.17) is 0 Å². The van der Waals surface area contributed by atoms with E-state index < -0.39 is 0 Å². The summed E-state index contributed by atoms with van der Waals surface area (Å²) in [6.07, 6.45) is 8.66. The van der Waals surface area contributed by atoms with Gasteiger partial charge in [0.2, 0.25) is 0 Å². The molecule has 0 saturated carbocycles. The number of nitrogens with zero attached hydrogens (tertiary/aromatic N) is 7. The molecule has 0 aromatic carbocycles. The summed E-state index contributed by atoms with van der Waals surface area (Å²) >= 11 is 0. The summed E-state index contributed by atoms with van der Waals surface area (Å²) in [6, 6.07) is 5.87. The van der Waals surface area contributed by atoms with Crippen LogP contribution < -0.4 is 10.6 Å². The topological polar surface area (TPSA) is 97.3 Å². The number of guanidine groups is 1. The van der Waals surface area contributed by atoms with Gasteiger partial charge in [-0.15, -0.1) is 44.4 Å². The maximum atomic E-state index is 4.66. The number of hydrogen-bond acceptors (Lipinski definition) is 5. The number of rotatable bonds is 7. The molecular formula is C20H30IN9. The lowest BCUT2D eigenvalue weighted by atomic mass is 10.2. The first kappa shape index (κ1) is 22.4. The number of fused-ring (bicyclic) bond motifs is 2. The zero-order valence-electron chi connectivity index (χ0n) is 17.4. The number of halogens is 1. The molecule has 0 spiro atoms. The quantitative estimate of drug-likeness (QED) is 0.214. The van der Waals surface area contributed by atoms with Gasteiger partial charge in [-0.3, -0.25) is 4.40 Å². The second-order valence-electron chi connectivity index (χ2n) is 7.27. The predicted molar refractivity (Wildman–Crippen MR) is 127 cm³/mol. The number of pyridine rings is 1. The van der Waals surface area contributed by atoms with Gasteiger partial charge in [-0.1, -0.05) is 12.5 Å². The van der Waals surface area contributed by atoms with Crippen LogP contribution in [0, 0.1) is 0 Å². The van der Waals surface area contributed by atoms with Crippen molar-refractivity contribution in [2.24, 2.45) is 4.99 Å². The van der Waals surface area contributed by atoms with Crippen LogP contribution >= 0.6 is 24.0 Å². The average molecular weight is 523 g/mol. The molecule has 0 saturated heterocycles. The van der Waals surface area contributed by atoms with Gasteiger partial charge < -0.3 is 15.2 Å². The smallest absolute Gasteiger partial charge is 0.191 e. The highest BCUT2D eigenvalue weighted by Crippen LogP contribution is 2.15. The van der Waals surface area contributed by atoms with Crippen LogP contribution in [0.25, 0.3) is 5.65 Å². The van der Waals surface area contributed by atoms with E-state index in [1.807, 2.05) is 28.8 Å². The van der Waals surface area contributed by atoms with Gasteiger partial charge in [0, 0.05) is 38.7 Å². The minimum Gasteiger partial charge on any atom is -0.357 e. The summed E-state index contributed by atoms with van der Waals surface area (Å²) in [5.41, 5.74) is 0.836. The molecule has 0 atom stereocenters. The van der Waals surface area contributed by atoms with E-state index >= 15 is 0 Å². The highest BCUT2D eigenvalue weighted by molar-refractivity contribution is 14.0. The van der Waals surface area contributed by atoms with Crippen LogP contribution in [0.2, 0.25) is 0 Å². The lowest BCUT2D eigenvalue weighted by Gasteiger charge is -2.11. The fourth-order valence-electron chi connectivity index (χ4n) is 3.67. The summed E-state index contributed by atoms with van der Waals surface area (Å²) in [6.45, 7) is 5.23. The summed E-state index contributed by atoms with van der Waals surface area (Å²) in [5.74, 6) is 3.88. The maximum Gasteiger partial charge on any atom is 0.191 e. The van der Waals surface area contributed by atoms with Gasteiger partial charge in [-0.2, -0.15) is 0 Å². The SMILES string of the molecule is CCNC(=NCc1nnc2ccccn12)NCCCc1nnc2n1CCCCC2.I. The van der Waals surface area contributed by atoms with E-state index in [0.717, 1.165) is 68.0 Å². The first-order valence-corrected chi connectivity index (χ1v) is 10.6. The first-order valence-electron chi connectivity index (χ1n) is 10.6. The van der Waals surface area contributed by atoms with Crippen molar-refractivity contribution < 1.29 is 0 Å². The third kappa shape index (κ3) is 5.46. The van der Waals surface area contributed by atoms with Crippen molar-refractivity contribution in [3.05, 3.63) is 41.9 Å². The van der Waals surface area contributed by atoms with Gasteiger partial charge in [-0.25, -0.2) is 4.99 Å². The van der Waals surface area contributed by atoms with Gasteiger partial charge in [0.05, 0.1) is 0 Å². The first-order chi connectivity index (χ1) is 14.3. The Bertz CT molecular complexity index is 962. The summed E-state index contributed by atoms with van der Waals surface area (Å²) in [4.78, 5) is 4.66. The van der Waals surface area contributed by atoms with Crippen molar-refractivity contribution in [3.8, 4) is 0 Å². The largest absolute Gasteiger partial charge is 0.357 e. The molecule has 3 aromatic rings. The van der Waals surface area contributed by atoms with E-state index in [2.05, 4.69) is 47.5 Å². The maximum absolute atomic E-state index is 4.66. The number of nitrogens with one attached hydrogen (secondary N) is 2. The Morgan fingerprint density at radius 1 is 1.07 bits per heavy atom. The second kappa shape index (κ2) is 11.2. The van der Waals surface area contributed by atoms with E-state index in [9.17, 15) is 0 Å². The Morgan fingerprint density at radius 2 is 1.97 bits per heavy atom. The van der Waals surface area contributed by atoms with Crippen molar-refractivity contribution in [2.75, 3.05) is 13.1 Å². The van der Waals surface area contributed by atoms with Crippen LogP contribution in [0.15, 0.2) is 29.4 Å². The van der Waals surface area contributed by atoms with Crippen molar-refractivity contribution >= 4 is 35.6 Å². The molecule has 30 heavy (non-hydrogen) atoms. The summed E-state index contributed by atoms with van der Waals surface area (Å²) in [7, 11) is 0. The van der Waals surface area contributed by atoms with Crippen molar-refractivity contribution in [3.63, 3.8) is 0 Å². The van der Waals surface area contributed by atoms with Crippen molar-refractivity contribution in [1.29, 1.82) is 0 Å². The van der Waals surface area contributed by atoms with Crippen LogP contribution in [0.5, 0.6) is 0 Å². The fourth-order valence-corrected chi connectivity index (χ4v) is 3.67. The molecule has 9 nitrogen and oxygen atoms in total. The zero-order chi connectivity index (χ0) is 19.9. The molecule has 0 unspecified atom stereocenters. The Hall–Kier alpha value is -2.24. The Kier molecular flexibility index (Phi) is 8.40. The van der Waals surface area contributed by atoms with E-state index in [1.165, 1.54) is 19.3 Å². The molecule has 162 valence electrons. The minimum atomic E-state index is 0. The highest BCUT2D eigenvalue weighted by Gasteiger charge is 2.14. The number of aliphatic imine (C=N–C) groups is 1. The zero-order valence-corrected chi connectivity index (χ0v) is 19.7. The third-order valence-corrected chi connectivity index (χ3v) is 5.16. The number of aryl methyl sites for hydroxylation is 2. The van der Waals surface area contributed by atoms with Gasteiger partial charge in [0.25, 0.3) is 0 Å². The normalized spacial score (nSPS) is 14.1. The monoisotopic (exact) mass is 523 g/mol. The lowest BCUT2D eigenvalue weighted by Crippen LogP contribution is -2.38. The molecule has 1 aliphatic heterocycles. The molecule has 0 aliphatic carbocycles. The third-order valence-electron chi connectivity index (χ3n) is 5.16. The van der Waals surface area contributed by atoms with E-state index in [-0.39, 0.29) is 24.0 Å². The summed E-state index contributed by atoms with van der Waals surface area (Å²) < 4.78 is 4.28. The van der Waals surface area contributed by atoms with Gasteiger partial charge in [0.15, 0.2) is 17.4 Å². The van der Waals surface area contributed by atoms with Crippen LogP contribution in [-0.2, 0) is 25.9 Å². The van der Waals surface area contributed by atoms with Crippen LogP contribution in [0.1, 0.15) is 50.1 Å². The van der Waals surface area contributed by atoms with Crippen molar-refractivity contribution in [1.82, 2.24) is 40.0 Å². The molecule has 2 N–H and O–H groups in total. The lowest BCUT2D eigenvalue weighted by molar-refractivity contribution is 0.594. The van der Waals surface area contributed by atoms with Crippen LogP contribution in [-0.4, -0.2) is 48.4 Å². The average Bonchev–Trinajstić information content (AvgIpc) is 3.25. The van der Waals surface area contributed by atoms with Gasteiger partial charge in [0.1, 0.15) is 18.2 Å². The molecule has 10 heteroatoms. The van der Waals surface area contributed by atoms with Gasteiger partial charge in [-0.05, 0) is 38.3 Å². The number of aromatic nitrogens is 6. The van der Waals surface area contributed by atoms with Crippen LogP contribution in [0.3, 0.4) is 0 Å².